The number of hydrogen-bond acceptors (Lipinski definition) is 4. The molecule has 5 rings (SSSR count). The highest BCUT2D eigenvalue weighted by molar-refractivity contribution is 5.79. The molecule has 0 aliphatic carbocycles. The average molecular weight is 373 g/mol. The fraction of sp³-hybridized carbons (Fsp3) is 0.368. The van der Waals surface area contributed by atoms with Crippen LogP contribution in [0.15, 0.2) is 36.7 Å². The van der Waals surface area contributed by atoms with Crippen molar-refractivity contribution in [3.05, 3.63) is 42.5 Å². The first-order valence-corrected chi connectivity index (χ1v) is 9.02. The smallest absolute Gasteiger partial charge is 0.282 e. The summed E-state index contributed by atoms with van der Waals surface area (Å²) in [6.07, 6.45) is 5.50. The Balaban J connectivity index is 1.49. The minimum absolute atomic E-state index is 0.305. The third-order valence-corrected chi connectivity index (χ3v) is 5.20. The van der Waals surface area contributed by atoms with Crippen molar-refractivity contribution in [2.45, 2.75) is 18.8 Å². The number of halogens is 3. The first-order chi connectivity index (χ1) is 13.0. The zero-order valence-electron chi connectivity index (χ0n) is 14.6. The van der Waals surface area contributed by atoms with E-state index in [2.05, 4.69) is 15.0 Å². The van der Waals surface area contributed by atoms with Crippen LogP contribution >= 0.6 is 0 Å². The van der Waals surface area contributed by atoms with Crippen molar-refractivity contribution in [1.29, 1.82) is 0 Å². The minimum Gasteiger partial charge on any atom is -0.371 e. The molecule has 0 unspecified atom stereocenters. The molecular weight excluding hydrogens is 355 g/mol. The van der Waals surface area contributed by atoms with Crippen LogP contribution in [0.4, 0.5) is 24.5 Å². The highest BCUT2D eigenvalue weighted by atomic mass is 19.3. The number of hydrogen-bond donors (Lipinski definition) is 0. The van der Waals surface area contributed by atoms with E-state index in [-0.39, 0.29) is 18.9 Å². The minimum atomic E-state index is -2.64. The topological polar surface area (TPSA) is 37.2 Å². The number of rotatable bonds is 3. The Morgan fingerprint density at radius 3 is 2.48 bits per heavy atom. The summed E-state index contributed by atoms with van der Waals surface area (Å²) in [7, 11) is 0. The summed E-state index contributed by atoms with van der Waals surface area (Å²) in [5.41, 5.74) is 2.41. The summed E-state index contributed by atoms with van der Waals surface area (Å²) in [6, 6.07) is 6.80. The quantitative estimate of drug-likeness (QED) is 0.703. The molecule has 2 saturated heterocycles. The number of benzene rings is 1. The third-order valence-electron chi connectivity index (χ3n) is 5.20. The average Bonchev–Trinajstić information content (AvgIpc) is 3.29. The molecule has 27 heavy (non-hydrogen) atoms. The number of anilines is 2. The second-order valence-electron chi connectivity index (χ2n) is 7.22. The van der Waals surface area contributed by atoms with E-state index in [0.29, 0.717) is 22.4 Å². The lowest BCUT2D eigenvalue weighted by molar-refractivity contribution is -0.0262. The second kappa shape index (κ2) is 5.87. The van der Waals surface area contributed by atoms with Crippen molar-refractivity contribution in [2.24, 2.45) is 0 Å². The summed E-state index contributed by atoms with van der Waals surface area (Å²) in [5, 5.41) is 5.05. The summed E-state index contributed by atoms with van der Waals surface area (Å²) in [4.78, 5) is 8.05. The lowest BCUT2D eigenvalue weighted by Crippen LogP contribution is -2.56. The Kier molecular flexibility index (Phi) is 3.57. The first kappa shape index (κ1) is 16.4. The summed E-state index contributed by atoms with van der Waals surface area (Å²) < 4.78 is 42.1. The number of nitrogens with zero attached hydrogens (tertiary/aromatic N) is 5. The Bertz CT molecular complexity index is 1000. The van der Waals surface area contributed by atoms with Crippen molar-refractivity contribution in [1.82, 2.24) is 14.8 Å². The molecule has 1 aromatic carbocycles. The van der Waals surface area contributed by atoms with E-state index in [4.69, 9.17) is 0 Å². The van der Waals surface area contributed by atoms with Gasteiger partial charge in [-0.15, -0.1) is 5.10 Å². The van der Waals surface area contributed by atoms with Gasteiger partial charge in [0.25, 0.3) is 5.92 Å². The van der Waals surface area contributed by atoms with Gasteiger partial charge in [0, 0.05) is 30.4 Å². The molecule has 0 spiro atoms. The van der Waals surface area contributed by atoms with Gasteiger partial charge < -0.3 is 9.80 Å². The van der Waals surface area contributed by atoms with Gasteiger partial charge in [0.15, 0.2) is 5.65 Å². The van der Waals surface area contributed by atoms with E-state index in [1.807, 2.05) is 0 Å². The Morgan fingerprint density at radius 2 is 1.74 bits per heavy atom. The Hall–Kier alpha value is -2.77. The van der Waals surface area contributed by atoms with Crippen LogP contribution in [0.1, 0.15) is 12.8 Å². The number of aromatic nitrogens is 3. The second-order valence-corrected chi connectivity index (χ2v) is 7.22. The van der Waals surface area contributed by atoms with Crippen molar-refractivity contribution >= 4 is 22.4 Å². The third kappa shape index (κ3) is 2.89. The van der Waals surface area contributed by atoms with Crippen molar-refractivity contribution in [3.63, 3.8) is 0 Å². The maximum absolute atomic E-state index is 14.4. The normalized spacial score (nSPS) is 18.9. The van der Waals surface area contributed by atoms with Crippen LogP contribution in [0.3, 0.4) is 0 Å². The molecule has 2 aromatic heterocycles. The summed E-state index contributed by atoms with van der Waals surface area (Å²) >= 11 is 0. The van der Waals surface area contributed by atoms with E-state index in [1.165, 1.54) is 16.9 Å². The molecule has 2 fully saturated rings. The number of alkyl halides is 2. The molecule has 4 heterocycles. The molecular formula is C19H18F3N5. The largest absolute Gasteiger partial charge is 0.371 e. The van der Waals surface area contributed by atoms with E-state index in [9.17, 15) is 13.2 Å². The van der Waals surface area contributed by atoms with E-state index in [0.717, 1.165) is 31.6 Å². The van der Waals surface area contributed by atoms with Gasteiger partial charge in [-0.05, 0) is 37.1 Å². The Labute approximate surface area is 154 Å². The number of fused-ring (bicyclic) bond motifs is 1. The Morgan fingerprint density at radius 1 is 0.963 bits per heavy atom. The lowest BCUT2D eigenvalue weighted by atomic mass is 10.1. The van der Waals surface area contributed by atoms with Gasteiger partial charge in [-0.25, -0.2) is 22.8 Å². The predicted molar refractivity (Wildman–Crippen MR) is 97.4 cm³/mol. The molecule has 0 bridgehead atoms. The van der Waals surface area contributed by atoms with Crippen LogP contribution in [0.5, 0.6) is 0 Å². The molecule has 0 saturated carbocycles. The van der Waals surface area contributed by atoms with E-state index >= 15 is 0 Å². The SMILES string of the molecule is Fc1ccc(N2CCCC2)cc1-n1cc2cc(N3CC(F)(F)C3)cnc2n1. The van der Waals surface area contributed by atoms with Crippen molar-refractivity contribution < 1.29 is 13.2 Å². The highest BCUT2D eigenvalue weighted by Gasteiger charge is 2.44. The maximum Gasteiger partial charge on any atom is 0.282 e. The van der Waals surface area contributed by atoms with Crippen LogP contribution in [0.25, 0.3) is 16.7 Å². The van der Waals surface area contributed by atoms with Gasteiger partial charge in [0.1, 0.15) is 11.5 Å². The fourth-order valence-corrected chi connectivity index (χ4v) is 3.74. The molecule has 2 aliphatic rings. The van der Waals surface area contributed by atoms with Gasteiger partial charge in [-0.2, -0.15) is 0 Å². The van der Waals surface area contributed by atoms with Crippen molar-refractivity contribution in [3.8, 4) is 5.69 Å². The molecule has 0 N–H and O–H groups in total. The van der Waals surface area contributed by atoms with Gasteiger partial charge >= 0.3 is 0 Å². The van der Waals surface area contributed by atoms with Gasteiger partial charge in [0.2, 0.25) is 0 Å². The molecule has 0 amide bonds. The van der Waals surface area contributed by atoms with Gasteiger partial charge in [0.05, 0.1) is 25.0 Å². The monoisotopic (exact) mass is 373 g/mol. The molecule has 0 atom stereocenters. The van der Waals surface area contributed by atoms with Crippen LogP contribution in [-0.2, 0) is 0 Å². The number of pyridine rings is 1. The van der Waals surface area contributed by atoms with E-state index < -0.39 is 5.92 Å². The standard InChI is InChI=1S/C19H18F3N5/c20-16-4-3-14(25-5-1-2-6-25)8-17(16)27-10-13-7-15(9-23-18(13)24-27)26-11-19(21,22)12-26/h3-4,7-10H,1-2,5-6,11-12H2. The van der Waals surface area contributed by atoms with Crippen LogP contribution in [0.2, 0.25) is 0 Å². The van der Waals surface area contributed by atoms with Gasteiger partial charge in [-0.1, -0.05) is 0 Å². The highest BCUT2D eigenvalue weighted by Crippen LogP contribution is 2.33. The van der Waals surface area contributed by atoms with Crippen LogP contribution in [0, 0.1) is 5.82 Å². The molecule has 3 aromatic rings. The zero-order chi connectivity index (χ0) is 18.6. The molecule has 2 aliphatic heterocycles. The maximum atomic E-state index is 14.4. The molecule has 8 heteroatoms. The van der Waals surface area contributed by atoms with Crippen LogP contribution in [-0.4, -0.2) is 46.9 Å². The van der Waals surface area contributed by atoms with Crippen molar-refractivity contribution in [2.75, 3.05) is 36.0 Å². The fourth-order valence-electron chi connectivity index (χ4n) is 3.74. The van der Waals surface area contributed by atoms with Crippen LogP contribution < -0.4 is 9.80 Å². The zero-order valence-corrected chi connectivity index (χ0v) is 14.6. The predicted octanol–water partition coefficient (Wildman–Crippen LogP) is 3.62. The lowest BCUT2D eigenvalue weighted by Gasteiger charge is -2.40. The molecule has 140 valence electrons. The molecule has 5 nitrogen and oxygen atoms in total. The first-order valence-electron chi connectivity index (χ1n) is 9.02. The van der Waals surface area contributed by atoms with Gasteiger partial charge in [-0.3, -0.25) is 0 Å². The molecule has 0 radical (unpaired) electrons. The van der Waals surface area contributed by atoms with E-state index in [1.54, 1.807) is 29.3 Å². The summed E-state index contributed by atoms with van der Waals surface area (Å²) in [5.74, 6) is -3.01. The summed E-state index contributed by atoms with van der Waals surface area (Å²) in [6.45, 7) is 1.33.